The third-order valence-corrected chi connectivity index (χ3v) is 5.40. The molecule has 0 aliphatic carbocycles. The highest BCUT2D eigenvalue weighted by atomic mass is 32.2. The fraction of sp³-hybridized carbons (Fsp3) is 0.562. The van der Waals surface area contributed by atoms with Gasteiger partial charge in [0.2, 0.25) is 5.91 Å². The molecule has 4 heteroatoms. The summed E-state index contributed by atoms with van der Waals surface area (Å²) in [5.41, 5.74) is 1.25. The molecule has 0 aromatic heterocycles. The van der Waals surface area contributed by atoms with Gasteiger partial charge in [-0.25, -0.2) is 0 Å². The van der Waals surface area contributed by atoms with Crippen molar-refractivity contribution in [1.82, 2.24) is 4.90 Å². The van der Waals surface area contributed by atoms with Crippen LogP contribution in [0, 0.1) is 5.92 Å². The summed E-state index contributed by atoms with van der Waals surface area (Å²) in [4.78, 5) is 14.9. The predicted octanol–water partition coefficient (Wildman–Crippen LogP) is 2.73. The summed E-state index contributed by atoms with van der Waals surface area (Å²) in [5, 5.41) is 0.442. The van der Waals surface area contributed by atoms with E-state index in [0.717, 1.165) is 25.3 Å². The number of amides is 1. The van der Waals surface area contributed by atoms with Crippen molar-refractivity contribution in [2.45, 2.75) is 24.6 Å². The first-order valence-electron chi connectivity index (χ1n) is 7.32. The van der Waals surface area contributed by atoms with Crippen molar-refractivity contribution in [2.75, 3.05) is 25.5 Å². The van der Waals surface area contributed by atoms with Crippen LogP contribution in [0.1, 0.15) is 24.9 Å². The number of thioether (sulfide) groups is 1. The van der Waals surface area contributed by atoms with Crippen LogP contribution in [0.4, 0.5) is 0 Å². The van der Waals surface area contributed by atoms with E-state index in [2.05, 4.69) is 36.1 Å². The molecule has 2 heterocycles. The molecule has 3 rings (SSSR count). The van der Waals surface area contributed by atoms with Gasteiger partial charge in [0.05, 0.1) is 18.6 Å². The van der Waals surface area contributed by atoms with Crippen molar-refractivity contribution in [1.29, 1.82) is 0 Å². The molecule has 3 atom stereocenters. The van der Waals surface area contributed by atoms with E-state index in [0.29, 0.717) is 11.9 Å². The van der Waals surface area contributed by atoms with Crippen LogP contribution in [0.5, 0.6) is 0 Å². The van der Waals surface area contributed by atoms with Crippen molar-refractivity contribution in [2.24, 2.45) is 5.92 Å². The smallest absolute Gasteiger partial charge is 0.228 e. The van der Waals surface area contributed by atoms with Gasteiger partial charge in [-0.15, -0.1) is 0 Å². The van der Waals surface area contributed by atoms with Gasteiger partial charge >= 0.3 is 0 Å². The van der Waals surface area contributed by atoms with E-state index in [1.165, 1.54) is 5.56 Å². The second-order valence-electron chi connectivity index (χ2n) is 5.52. The number of ether oxygens (including phenoxy) is 1. The summed E-state index contributed by atoms with van der Waals surface area (Å²) < 4.78 is 5.38. The maximum absolute atomic E-state index is 12.8. The molecule has 0 N–H and O–H groups in total. The van der Waals surface area contributed by atoms with E-state index < -0.39 is 0 Å². The Balaban J connectivity index is 1.84. The molecule has 0 spiro atoms. The van der Waals surface area contributed by atoms with Crippen LogP contribution < -0.4 is 0 Å². The summed E-state index contributed by atoms with van der Waals surface area (Å²) in [7, 11) is 0. The molecular weight excluding hydrogens is 270 g/mol. The van der Waals surface area contributed by atoms with Crippen molar-refractivity contribution in [3.8, 4) is 0 Å². The van der Waals surface area contributed by atoms with E-state index >= 15 is 0 Å². The summed E-state index contributed by atoms with van der Waals surface area (Å²) >= 11 is 1.96. The van der Waals surface area contributed by atoms with Gasteiger partial charge in [-0.1, -0.05) is 37.3 Å². The molecule has 20 heavy (non-hydrogen) atoms. The average Bonchev–Trinajstić information content (AvgIpc) is 3.01. The average molecular weight is 291 g/mol. The molecule has 2 aliphatic heterocycles. The molecule has 0 radical (unpaired) electrons. The van der Waals surface area contributed by atoms with E-state index in [1.54, 1.807) is 0 Å². The minimum absolute atomic E-state index is 0.0662. The molecule has 0 saturated carbocycles. The lowest BCUT2D eigenvalue weighted by Gasteiger charge is -2.41. The van der Waals surface area contributed by atoms with Crippen molar-refractivity contribution in [3.63, 3.8) is 0 Å². The minimum Gasteiger partial charge on any atom is -0.381 e. The van der Waals surface area contributed by atoms with E-state index in [4.69, 9.17) is 4.74 Å². The number of carbonyl (C=O) groups is 1. The zero-order chi connectivity index (χ0) is 13.9. The second kappa shape index (κ2) is 6.19. The first-order valence-corrected chi connectivity index (χ1v) is 8.37. The number of hydrogen-bond donors (Lipinski definition) is 0. The van der Waals surface area contributed by atoms with Crippen LogP contribution in [0.3, 0.4) is 0 Å². The lowest BCUT2D eigenvalue weighted by atomic mass is 9.99. The number of rotatable bonds is 2. The van der Waals surface area contributed by atoms with Gasteiger partial charge < -0.3 is 9.64 Å². The van der Waals surface area contributed by atoms with E-state index in [9.17, 15) is 4.79 Å². The fourth-order valence-corrected chi connectivity index (χ4v) is 4.29. The van der Waals surface area contributed by atoms with Crippen LogP contribution in [0.25, 0.3) is 0 Å². The molecule has 0 bridgehead atoms. The standard InChI is InChI=1S/C16H21NO2S/c1-12-15(13-5-3-2-4-6-13)17(8-10-20-12)16(18)14-7-9-19-11-14/h2-6,12,14-15H,7-11H2,1H3. The first-order chi connectivity index (χ1) is 9.77. The van der Waals surface area contributed by atoms with Crippen LogP contribution in [-0.2, 0) is 9.53 Å². The third-order valence-electron chi connectivity index (χ3n) is 4.20. The lowest BCUT2D eigenvalue weighted by Crippen LogP contribution is -2.46. The Morgan fingerprint density at radius 3 is 2.85 bits per heavy atom. The van der Waals surface area contributed by atoms with Gasteiger partial charge in [-0.3, -0.25) is 4.79 Å². The summed E-state index contributed by atoms with van der Waals surface area (Å²) in [6, 6.07) is 10.6. The molecule has 3 unspecified atom stereocenters. The highest BCUT2D eigenvalue weighted by Gasteiger charge is 2.37. The van der Waals surface area contributed by atoms with Crippen molar-refractivity contribution < 1.29 is 9.53 Å². The molecule has 1 aromatic rings. The van der Waals surface area contributed by atoms with Crippen LogP contribution in [0.15, 0.2) is 30.3 Å². The van der Waals surface area contributed by atoms with Crippen LogP contribution in [0.2, 0.25) is 0 Å². The van der Waals surface area contributed by atoms with Crippen LogP contribution in [-0.4, -0.2) is 41.6 Å². The molecule has 2 saturated heterocycles. The Morgan fingerprint density at radius 1 is 1.35 bits per heavy atom. The zero-order valence-electron chi connectivity index (χ0n) is 11.8. The highest BCUT2D eigenvalue weighted by Crippen LogP contribution is 2.37. The molecular formula is C16H21NO2S. The zero-order valence-corrected chi connectivity index (χ0v) is 12.6. The molecule has 108 valence electrons. The number of nitrogens with zero attached hydrogens (tertiary/aromatic N) is 1. The SMILES string of the molecule is CC1SCCN(C(=O)C2CCOC2)C1c1ccccc1. The predicted molar refractivity (Wildman–Crippen MR) is 81.7 cm³/mol. The van der Waals surface area contributed by atoms with Gasteiger partial charge in [-0.05, 0) is 12.0 Å². The Kier molecular flexibility index (Phi) is 4.32. The molecule has 2 aliphatic rings. The topological polar surface area (TPSA) is 29.5 Å². The van der Waals surface area contributed by atoms with E-state index in [-0.39, 0.29) is 17.9 Å². The lowest BCUT2D eigenvalue weighted by molar-refractivity contribution is -0.138. The van der Waals surface area contributed by atoms with Gasteiger partial charge in [0.25, 0.3) is 0 Å². The van der Waals surface area contributed by atoms with Crippen molar-refractivity contribution in [3.05, 3.63) is 35.9 Å². The Morgan fingerprint density at radius 2 is 2.15 bits per heavy atom. The van der Waals surface area contributed by atoms with E-state index in [1.807, 2.05) is 17.8 Å². The van der Waals surface area contributed by atoms with Gasteiger partial charge in [-0.2, -0.15) is 11.8 Å². The first kappa shape index (κ1) is 14.0. The maximum Gasteiger partial charge on any atom is 0.228 e. The maximum atomic E-state index is 12.8. The summed E-state index contributed by atoms with van der Waals surface area (Å²) in [6.45, 7) is 4.40. The Bertz CT molecular complexity index is 459. The summed E-state index contributed by atoms with van der Waals surface area (Å²) in [6.07, 6.45) is 0.873. The second-order valence-corrected chi connectivity index (χ2v) is 7.01. The number of hydrogen-bond acceptors (Lipinski definition) is 3. The fourth-order valence-electron chi connectivity index (χ4n) is 3.13. The third kappa shape index (κ3) is 2.72. The largest absolute Gasteiger partial charge is 0.381 e. The van der Waals surface area contributed by atoms with Crippen molar-refractivity contribution >= 4 is 17.7 Å². The van der Waals surface area contributed by atoms with Gasteiger partial charge in [0.15, 0.2) is 0 Å². The van der Waals surface area contributed by atoms with Crippen LogP contribution >= 0.6 is 11.8 Å². The van der Waals surface area contributed by atoms with Gasteiger partial charge in [0.1, 0.15) is 0 Å². The summed E-state index contributed by atoms with van der Waals surface area (Å²) in [5.74, 6) is 1.38. The molecule has 2 fully saturated rings. The minimum atomic E-state index is 0.0662. The van der Waals surface area contributed by atoms with Gasteiger partial charge in [0, 0.05) is 24.2 Å². The number of carbonyl (C=O) groups excluding carboxylic acids is 1. The number of benzene rings is 1. The molecule has 3 nitrogen and oxygen atoms in total. The molecule has 1 aromatic carbocycles. The Hall–Kier alpha value is -1.00. The monoisotopic (exact) mass is 291 g/mol. The highest BCUT2D eigenvalue weighted by molar-refractivity contribution is 8.00. The Labute approximate surface area is 124 Å². The molecule has 1 amide bonds. The quantitative estimate of drug-likeness (QED) is 0.839. The normalized spacial score (nSPS) is 30.4.